The fourth-order valence-electron chi connectivity index (χ4n) is 2.94. The lowest BCUT2D eigenvalue weighted by atomic mass is 9.94. The molecule has 30 heavy (non-hydrogen) atoms. The first-order valence-electron chi connectivity index (χ1n) is 9.13. The number of aliphatic hydroxyl groups is 1. The molecule has 0 aliphatic rings. The Morgan fingerprint density at radius 3 is 2.30 bits per heavy atom. The number of aromatic hydroxyl groups is 2. The van der Waals surface area contributed by atoms with E-state index in [-0.39, 0.29) is 59.6 Å². The number of amides is 1. The van der Waals surface area contributed by atoms with E-state index in [1.807, 2.05) is 0 Å². The standard InChI is InChI=1S/C21H24BrNO7/c1-29-10-8-23(7-9-24)18(27)11-15-19(16(25)12-17(26)20(15)22)21(28)13-3-5-14(30-2)6-4-13/h3-6,12,24-26H,7-11H2,1-2H3. The quantitative estimate of drug-likeness (QED) is 0.444. The number of carbonyl (C=O) groups is 2. The van der Waals surface area contributed by atoms with Gasteiger partial charge in [0.25, 0.3) is 0 Å². The van der Waals surface area contributed by atoms with Crippen LogP contribution in [0.1, 0.15) is 21.5 Å². The molecule has 9 heteroatoms. The monoisotopic (exact) mass is 481 g/mol. The first kappa shape index (κ1) is 23.7. The molecule has 0 spiro atoms. The Kier molecular flexibility index (Phi) is 8.64. The van der Waals surface area contributed by atoms with Crippen molar-refractivity contribution in [1.29, 1.82) is 0 Å². The maximum Gasteiger partial charge on any atom is 0.227 e. The number of rotatable bonds is 10. The number of nitrogens with zero attached hydrogens (tertiary/aromatic N) is 1. The summed E-state index contributed by atoms with van der Waals surface area (Å²) < 4.78 is 10.2. The molecule has 3 N–H and O–H groups in total. The number of methoxy groups -OCH3 is 2. The van der Waals surface area contributed by atoms with E-state index in [1.165, 1.54) is 19.1 Å². The molecule has 0 aliphatic heterocycles. The second-order valence-corrected chi connectivity index (χ2v) is 7.21. The number of carbonyl (C=O) groups excluding carboxylic acids is 2. The van der Waals surface area contributed by atoms with Gasteiger partial charge in [0.15, 0.2) is 5.78 Å². The highest BCUT2D eigenvalue weighted by atomic mass is 79.9. The molecule has 0 fully saturated rings. The van der Waals surface area contributed by atoms with E-state index in [4.69, 9.17) is 9.47 Å². The van der Waals surface area contributed by atoms with Crippen molar-refractivity contribution in [3.05, 3.63) is 51.5 Å². The number of phenolic OH excluding ortho intramolecular Hbond substituents is 2. The van der Waals surface area contributed by atoms with Crippen molar-refractivity contribution in [3.8, 4) is 17.2 Å². The zero-order valence-corrected chi connectivity index (χ0v) is 18.3. The van der Waals surface area contributed by atoms with E-state index in [9.17, 15) is 24.9 Å². The highest BCUT2D eigenvalue weighted by Gasteiger charge is 2.26. The first-order chi connectivity index (χ1) is 14.3. The Morgan fingerprint density at radius 1 is 1.07 bits per heavy atom. The van der Waals surface area contributed by atoms with Gasteiger partial charge >= 0.3 is 0 Å². The summed E-state index contributed by atoms with van der Waals surface area (Å²) in [6.07, 6.45) is -0.274. The zero-order chi connectivity index (χ0) is 22.3. The van der Waals surface area contributed by atoms with Crippen LogP contribution < -0.4 is 4.74 Å². The molecule has 8 nitrogen and oxygen atoms in total. The van der Waals surface area contributed by atoms with E-state index in [1.54, 1.807) is 24.3 Å². The van der Waals surface area contributed by atoms with Gasteiger partial charge in [-0.05, 0) is 45.8 Å². The molecule has 1 amide bonds. The van der Waals surface area contributed by atoms with Gasteiger partial charge in [0.1, 0.15) is 17.2 Å². The molecule has 0 saturated heterocycles. The van der Waals surface area contributed by atoms with Gasteiger partial charge in [-0.1, -0.05) is 0 Å². The smallest absolute Gasteiger partial charge is 0.227 e. The van der Waals surface area contributed by atoms with Crippen molar-refractivity contribution in [2.45, 2.75) is 6.42 Å². The minimum Gasteiger partial charge on any atom is -0.507 e. The summed E-state index contributed by atoms with van der Waals surface area (Å²) >= 11 is 3.22. The van der Waals surface area contributed by atoms with Crippen LogP contribution >= 0.6 is 15.9 Å². The average Bonchev–Trinajstić information content (AvgIpc) is 2.74. The van der Waals surface area contributed by atoms with E-state index >= 15 is 0 Å². The third kappa shape index (κ3) is 5.50. The Labute approximate surface area is 182 Å². The number of benzene rings is 2. The van der Waals surface area contributed by atoms with Crippen LogP contribution in [0.4, 0.5) is 0 Å². The fraction of sp³-hybridized carbons (Fsp3) is 0.333. The van der Waals surface area contributed by atoms with E-state index in [0.717, 1.165) is 6.07 Å². The molecule has 2 aromatic carbocycles. The molecule has 2 rings (SSSR count). The van der Waals surface area contributed by atoms with Crippen molar-refractivity contribution in [1.82, 2.24) is 4.90 Å². The normalized spacial score (nSPS) is 10.7. The molecule has 2 aromatic rings. The molecule has 0 aliphatic carbocycles. The topological polar surface area (TPSA) is 117 Å². The summed E-state index contributed by atoms with van der Waals surface area (Å²) in [5.74, 6) is -1.08. The Bertz CT molecular complexity index is 899. The fourth-order valence-corrected chi connectivity index (χ4v) is 3.39. The van der Waals surface area contributed by atoms with Crippen LogP contribution in [-0.4, -0.2) is 72.4 Å². The number of hydrogen-bond donors (Lipinski definition) is 3. The third-order valence-electron chi connectivity index (χ3n) is 4.52. The highest BCUT2D eigenvalue weighted by molar-refractivity contribution is 9.10. The molecule has 0 atom stereocenters. The number of phenols is 2. The second-order valence-electron chi connectivity index (χ2n) is 6.41. The Morgan fingerprint density at radius 2 is 1.73 bits per heavy atom. The third-order valence-corrected chi connectivity index (χ3v) is 5.40. The van der Waals surface area contributed by atoms with Gasteiger partial charge < -0.3 is 29.7 Å². The van der Waals surface area contributed by atoms with Crippen LogP contribution in [-0.2, 0) is 16.0 Å². The number of aliphatic hydroxyl groups excluding tert-OH is 1. The average molecular weight is 482 g/mol. The van der Waals surface area contributed by atoms with Crippen molar-refractivity contribution in [2.75, 3.05) is 40.5 Å². The van der Waals surface area contributed by atoms with Gasteiger partial charge in [-0.15, -0.1) is 0 Å². The molecular weight excluding hydrogens is 458 g/mol. The van der Waals surface area contributed by atoms with Gasteiger partial charge in [0, 0.05) is 31.8 Å². The van der Waals surface area contributed by atoms with Gasteiger partial charge in [-0.3, -0.25) is 9.59 Å². The lowest BCUT2D eigenvalue weighted by Gasteiger charge is -2.23. The summed E-state index contributed by atoms with van der Waals surface area (Å²) in [6, 6.07) is 7.36. The van der Waals surface area contributed by atoms with Crippen LogP contribution in [0.2, 0.25) is 0 Å². The minimum absolute atomic E-state index is 0.0890. The van der Waals surface area contributed by atoms with Gasteiger partial charge in [-0.2, -0.15) is 0 Å². The molecule has 0 unspecified atom stereocenters. The van der Waals surface area contributed by atoms with Crippen LogP contribution in [0.25, 0.3) is 0 Å². The summed E-state index contributed by atoms with van der Waals surface area (Å²) in [6.45, 7) is 0.377. The molecule has 0 heterocycles. The summed E-state index contributed by atoms with van der Waals surface area (Å²) in [4.78, 5) is 27.3. The van der Waals surface area contributed by atoms with Crippen LogP contribution in [0.5, 0.6) is 17.2 Å². The maximum absolute atomic E-state index is 13.1. The van der Waals surface area contributed by atoms with E-state index < -0.39 is 17.4 Å². The van der Waals surface area contributed by atoms with Gasteiger partial charge in [0.2, 0.25) is 5.91 Å². The highest BCUT2D eigenvalue weighted by Crippen LogP contribution is 2.38. The lowest BCUT2D eigenvalue weighted by molar-refractivity contribution is -0.131. The van der Waals surface area contributed by atoms with Crippen molar-refractivity contribution in [2.24, 2.45) is 0 Å². The summed E-state index contributed by atoms with van der Waals surface area (Å²) in [5, 5.41) is 29.8. The number of hydrogen-bond acceptors (Lipinski definition) is 7. The van der Waals surface area contributed by atoms with Crippen LogP contribution in [0.3, 0.4) is 0 Å². The molecular formula is C21H24BrNO7. The van der Waals surface area contributed by atoms with Crippen LogP contribution in [0, 0.1) is 0 Å². The Hall–Kier alpha value is -2.62. The number of ketones is 1. The summed E-state index contributed by atoms with van der Waals surface area (Å²) in [7, 11) is 3.00. The molecule has 0 saturated carbocycles. The molecule has 0 aromatic heterocycles. The molecule has 0 radical (unpaired) electrons. The van der Waals surface area contributed by atoms with E-state index in [0.29, 0.717) is 5.75 Å². The van der Waals surface area contributed by atoms with Crippen molar-refractivity contribution in [3.63, 3.8) is 0 Å². The number of halogens is 1. The molecule has 0 bridgehead atoms. The zero-order valence-electron chi connectivity index (χ0n) is 16.7. The predicted molar refractivity (Wildman–Crippen MR) is 113 cm³/mol. The largest absolute Gasteiger partial charge is 0.507 e. The first-order valence-corrected chi connectivity index (χ1v) is 9.92. The SMILES string of the molecule is COCCN(CCO)C(=O)Cc1c(Br)c(O)cc(O)c1C(=O)c1ccc(OC)cc1. The minimum atomic E-state index is -0.510. The predicted octanol–water partition coefficient (Wildman–Crippen LogP) is 2.11. The van der Waals surface area contributed by atoms with Gasteiger partial charge in [-0.25, -0.2) is 0 Å². The summed E-state index contributed by atoms with van der Waals surface area (Å²) in [5.41, 5.74) is 0.344. The maximum atomic E-state index is 13.1. The Balaban J connectivity index is 2.45. The lowest BCUT2D eigenvalue weighted by Crippen LogP contribution is -2.37. The molecule has 162 valence electrons. The van der Waals surface area contributed by atoms with E-state index in [2.05, 4.69) is 15.9 Å². The van der Waals surface area contributed by atoms with Crippen molar-refractivity contribution < 1.29 is 34.4 Å². The number of ether oxygens (including phenoxy) is 2. The van der Waals surface area contributed by atoms with Crippen molar-refractivity contribution >= 4 is 27.6 Å². The second kappa shape index (κ2) is 11.0. The van der Waals surface area contributed by atoms with Gasteiger partial charge in [0.05, 0.1) is 36.8 Å². The van der Waals surface area contributed by atoms with Crippen LogP contribution in [0.15, 0.2) is 34.8 Å².